The van der Waals surface area contributed by atoms with Gasteiger partial charge in [0.05, 0.1) is 24.1 Å². The van der Waals surface area contributed by atoms with Gasteiger partial charge in [-0.25, -0.2) is 9.59 Å². The van der Waals surface area contributed by atoms with E-state index >= 15 is 0 Å². The topological polar surface area (TPSA) is 96.5 Å². The molecule has 9 nitrogen and oxygen atoms in total. The number of alkyl halides is 6. The Hall–Kier alpha value is -5.08. The molecule has 2 fully saturated rings. The van der Waals surface area contributed by atoms with Crippen molar-refractivity contribution in [1.82, 2.24) is 14.7 Å². The molecule has 2 saturated heterocycles. The number of hydrogen-bond acceptors (Lipinski definition) is 6. The number of rotatable bonds is 7. The van der Waals surface area contributed by atoms with Crippen molar-refractivity contribution in [3.05, 3.63) is 107 Å². The minimum Gasteiger partial charge on any atom is -0.459 e. The number of hydrogen-bond donors (Lipinski definition) is 0. The zero-order chi connectivity index (χ0) is 34.8. The maximum Gasteiger partial charge on any atom is 0.416 e. The highest BCUT2D eigenvalue weighted by molar-refractivity contribution is 5.94. The molecule has 5 rings (SSSR count). The van der Waals surface area contributed by atoms with E-state index < -0.39 is 84.2 Å². The first kappa shape index (κ1) is 34.3. The Morgan fingerprint density at radius 3 is 1.88 bits per heavy atom. The van der Waals surface area contributed by atoms with Crippen LogP contribution in [-0.2, 0) is 56.0 Å². The SMILES string of the molecule is C[C@H]1C(=O)N(Cc2ccccc2)CC2N(C(=O)OCc3cc(C(F)(F)F)cc(C(F)(F)F)c3)C(C(=O)OCc3ccccc3)CC(=O)N21. The van der Waals surface area contributed by atoms with E-state index in [0.717, 1.165) is 15.4 Å². The molecule has 2 aliphatic rings. The summed E-state index contributed by atoms with van der Waals surface area (Å²) in [7, 11) is 0. The van der Waals surface area contributed by atoms with Gasteiger partial charge in [0.15, 0.2) is 0 Å². The van der Waals surface area contributed by atoms with Gasteiger partial charge >= 0.3 is 24.4 Å². The monoisotopic (exact) mass is 677 g/mol. The third kappa shape index (κ3) is 7.55. The van der Waals surface area contributed by atoms with E-state index in [9.17, 15) is 45.5 Å². The summed E-state index contributed by atoms with van der Waals surface area (Å²) in [6.07, 6.45) is -13.5. The van der Waals surface area contributed by atoms with Gasteiger partial charge in [-0.3, -0.25) is 14.5 Å². The maximum absolute atomic E-state index is 13.7. The Morgan fingerprint density at radius 1 is 0.771 bits per heavy atom. The van der Waals surface area contributed by atoms with Gasteiger partial charge in [-0.2, -0.15) is 26.3 Å². The first-order valence-corrected chi connectivity index (χ1v) is 14.7. The fraction of sp³-hybridized carbons (Fsp3) is 0.333. The lowest BCUT2D eigenvalue weighted by Crippen LogP contribution is -2.73. The smallest absolute Gasteiger partial charge is 0.416 e. The van der Waals surface area contributed by atoms with Crippen LogP contribution in [0.2, 0.25) is 0 Å². The van der Waals surface area contributed by atoms with E-state index in [1.807, 2.05) is 0 Å². The number of fused-ring (bicyclic) bond motifs is 1. The Kier molecular flexibility index (Phi) is 9.69. The van der Waals surface area contributed by atoms with Crippen LogP contribution >= 0.6 is 0 Å². The molecule has 2 unspecified atom stereocenters. The van der Waals surface area contributed by atoms with Crippen molar-refractivity contribution < 1.29 is 55.0 Å². The fourth-order valence-electron chi connectivity index (χ4n) is 5.74. The number of ether oxygens (including phenoxy) is 2. The van der Waals surface area contributed by atoms with Crippen LogP contribution in [0.15, 0.2) is 78.9 Å². The number of benzene rings is 3. The minimum absolute atomic E-state index is 0.0556. The van der Waals surface area contributed by atoms with E-state index in [1.54, 1.807) is 60.7 Å². The van der Waals surface area contributed by atoms with Crippen LogP contribution in [0.1, 0.15) is 41.2 Å². The summed E-state index contributed by atoms with van der Waals surface area (Å²) < 4.78 is 91.3. The molecular weight excluding hydrogens is 648 g/mol. The van der Waals surface area contributed by atoms with Crippen LogP contribution < -0.4 is 0 Å². The van der Waals surface area contributed by atoms with Crippen LogP contribution in [0.5, 0.6) is 0 Å². The van der Waals surface area contributed by atoms with Gasteiger partial charge in [0.2, 0.25) is 11.8 Å². The number of esters is 1. The highest BCUT2D eigenvalue weighted by Gasteiger charge is 2.53. The molecule has 48 heavy (non-hydrogen) atoms. The highest BCUT2D eigenvalue weighted by Crippen LogP contribution is 2.37. The van der Waals surface area contributed by atoms with E-state index in [2.05, 4.69) is 0 Å². The Morgan fingerprint density at radius 2 is 1.31 bits per heavy atom. The second-order valence-corrected chi connectivity index (χ2v) is 11.4. The van der Waals surface area contributed by atoms with Crippen molar-refractivity contribution in [3.63, 3.8) is 0 Å². The van der Waals surface area contributed by atoms with Gasteiger partial charge in [0.1, 0.15) is 31.5 Å². The molecule has 0 aromatic heterocycles. The first-order chi connectivity index (χ1) is 22.6. The Balaban J connectivity index is 1.46. The predicted molar refractivity (Wildman–Crippen MR) is 155 cm³/mol. The Labute approximate surface area is 270 Å². The maximum atomic E-state index is 13.7. The zero-order valence-electron chi connectivity index (χ0n) is 25.3. The van der Waals surface area contributed by atoms with Gasteiger partial charge in [0, 0.05) is 6.54 Å². The molecule has 3 atom stereocenters. The van der Waals surface area contributed by atoms with Crippen molar-refractivity contribution in [2.75, 3.05) is 6.54 Å². The average molecular weight is 678 g/mol. The molecule has 2 heterocycles. The molecule has 0 radical (unpaired) electrons. The zero-order valence-corrected chi connectivity index (χ0v) is 25.3. The summed E-state index contributed by atoms with van der Waals surface area (Å²) in [5.41, 5.74) is -2.49. The van der Waals surface area contributed by atoms with Crippen LogP contribution in [0, 0.1) is 0 Å². The molecule has 0 aliphatic carbocycles. The first-order valence-electron chi connectivity index (χ1n) is 14.7. The van der Waals surface area contributed by atoms with Crippen molar-refractivity contribution in [1.29, 1.82) is 0 Å². The summed E-state index contributed by atoms with van der Waals surface area (Å²) in [6.45, 7) is 0.00349. The lowest BCUT2D eigenvalue weighted by atomic mass is 9.99. The minimum atomic E-state index is -5.13. The average Bonchev–Trinajstić information content (AvgIpc) is 3.04. The molecule has 0 bridgehead atoms. The molecular formula is C33H29F6N3O6. The van der Waals surface area contributed by atoms with Gasteiger partial charge in [0.25, 0.3) is 0 Å². The van der Waals surface area contributed by atoms with Crippen molar-refractivity contribution in [2.45, 2.75) is 63.7 Å². The standard InChI is InChI=1S/C33H29F6N3O6/c1-20-29(44)40(16-21-8-4-2-5-9-21)17-27-41(20)28(43)15-26(30(45)47-18-22-10-6-3-7-11-22)42(27)31(46)48-19-23-12-24(32(34,35)36)14-25(13-23)33(37,38)39/h2-14,20,26-27H,15-19H2,1H3/t20-,26?,27?/m0/s1. The van der Waals surface area contributed by atoms with E-state index in [-0.39, 0.29) is 25.8 Å². The molecule has 254 valence electrons. The second-order valence-electron chi connectivity index (χ2n) is 11.4. The molecule has 3 amide bonds. The number of amides is 3. The number of carbonyl (C=O) groups is 4. The van der Waals surface area contributed by atoms with Crippen LogP contribution in [0.4, 0.5) is 31.1 Å². The van der Waals surface area contributed by atoms with Crippen molar-refractivity contribution in [2.24, 2.45) is 0 Å². The number of carbonyl (C=O) groups excluding carboxylic acids is 4. The summed E-state index contributed by atoms with van der Waals surface area (Å²) in [6, 6.07) is 15.4. The molecule has 3 aromatic rings. The lowest BCUT2D eigenvalue weighted by molar-refractivity contribution is -0.178. The summed E-state index contributed by atoms with van der Waals surface area (Å²) >= 11 is 0. The molecule has 15 heteroatoms. The van der Waals surface area contributed by atoms with Gasteiger partial charge < -0.3 is 19.3 Å². The molecule has 2 aliphatic heterocycles. The summed E-state index contributed by atoms with van der Waals surface area (Å²) in [5, 5.41) is 0. The van der Waals surface area contributed by atoms with Crippen molar-refractivity contribution >= 4 is 23.9 Å². The lowest BCUT2D eigenvalue weighted by Gasteiger charge is -2.52. The number of piperazine rings is 1. The normalized spacial score (nSPS) is 20.0. The van der Waals surface area contributed by atoms with Gasteiger partial charge in [-0.1, -0.05) is 60.7 Å². The molecule has 3 aromatic carbocycles. The third-order valence-electron chi connectivity index (χ3n) is 8.04. The number of nitrogens with zero attached hydrogens (tertiary/aromatic N) is 3. The highest BCUT2D eigenvalue weighted by atomic mass is 19.4. The van der Waals surface area contributed by atoms with Gasteiger partial charge in [-0.15, -0.1) is 0 Å². The second kappa shape index (κ2) is 13.6. The quantitative estimate of drug-likeness (QED) is 0.233. The van der Waals surface area contributed by atoms with Gasteiger partial charge in [-0.05, 0) is 41.8 Å². The van der Waals surface area contributed by atoms with Crippen molar-refractivity contribution in [3.8, 4) is 0 Å². The molecule has 0 N–H and O–H groups in total. The third-order valence-corrected chi connectivity index (χ3v) is 8.04. The Bertz CT molecular complexity index is 1640. The van der Waals surface area contributed by atoms with Crippen LogP contribution in [0.3, 0.4) is 0 Å². The molecule has 0 saturated carbocycles. The van der Waals surface area contributed by atoms with E-state index in [1.165, 1.54) is 11.8 Å². The summed E-state index contributed by atoms with van der Waals surface area (Å²) in [4.78, 5) is 57.3. The largest absolute Gasteiger partial charge is 0.459 e. The van der Waals surface area contributed by atoms with E-state index in [0.29, 0.717) is 17.7 Å². The number of halogens is 6. The van der Waals surface area contributed by atoms with Crippen LogP contribution in [0.25, 0.3) is 0 Å². The van der Waals surface area contributed by atoms with Crippen LogP contribution in [-0.4, -0.2) is 63.4 Å². The summed E-state index contributed by atoms with van der Waals surface area (Å²) in [5.74, 6) is -2.08. The fourth-order valence-corrected chi connectivity index (χ4v) is 5.74. The molecule has 0 spiro atoms. The predicted octanol–water partition coefficient (Wildman–Crippen LogP) is 5.76. The van der Waals surface area contributed by atoms with E-state index in [4.69, 9.17) is 9.47 Å².